The van der Waals surface area contributed by atoms with Gasteiger partial charge in [0, 0.05) is 20.3 Å². The summed E-state index contributed by atoms with van der Waals surface area (Å²) in [5, 5.41) is 3.52. The van der Waals surface area contributed by atoms with Gasteiger partial charge in [0.2, 0.25) is 0 Å². The number of aromatic nitrogens is 2. The molecule has 1 aliphatic rings. The SMILES string of the molecule is CN(C)c1ccc(NC2CCc3cccnc32)cn1. The average Bonchev–Trinajstić information content (AvgIpc) is 2.83. The first-order chi connectivity index (χ1) is 9.24. The first-order valence-electron chi connectivity index (χ1n) is 6.58. The molecule has 2 aromatic rings. The molecule has 0 spiro atoms. The van der Waals surface area contributed by atoms with Gasteiger partial charge in [-0.3, -0.25) is 4.98 Å². The molecule has 0 amide bonds. The lowest BCUT2D eigenvalue weighted by molar-refractivity contribution is 0.745. The van der Waals surface area contributed by atoms with E-state index in [0.717, 1.165) is 24.3 Å². The summed E-state index contributed by atoms with van der Waals surface area (Å²) in [6.45, 7) is 0. The number of rotatable bonds is 3. The fourth-order valence-corrected chi connectivity index (χ4v) is 2.49. The number of nitrogens with one attached hydrogen (secondary N) is 1. The van der Waals surface area contributed by atoms with E-state index in [1.165, 1.54) is 11.3 Å². The van der Waals surface area contributed by atoms with E-state index >= 15 is 0 Å². The number of hydrogen-bond acceptors (Lipinski definition) is 4. The Morgan fingerprint density at radius 2 is 2.11 bits per heavy atom. The molecule has 0 saturated carbocycles. The molecule has 4 nitrogen and oxygen atoms in total. The van der Waals surface area contributed by atoms with Crippen molar-refractivity contribution in [3.05, 3.63) is 47.9 Å². The van der Waals surface area contributed by atoms with Gasteiger partial charge in [-0.05, 0) is 36.6 Å². The summed E-state index contributed by atoms with van der Waals surface area (Å²) in [4.78, 5) is 10.9. The molecule has 19 heavy (non-hydrogen) atoms. The van der Waals surface area contributed by atoms with Crippen molar-refractivity contribution in [3.8, 4) is 0 Å². The van der Waals surface area contributed by atoms with Crippen molar-refractivity contribution >= 4 is 11.5 Å². The minimum atomic E-state index is 0.309. The van der Waals surface area contributed by atoms with E-state index < -0.39 is 0 Å². The van der Waals surface area contributed by atoms with E-state index in [-0.39, 0.29) is 0 Å². The molecule has 0 radical (unpaired) electrons. The molecule has 0 aliphatic heterocycles. The summed E-state index contributed by atoms with van der Waals surface area (Å²) < 4.78 is 0. The molecule has 1 N–H and O–H groups in total. The summed E-state index contributed by atoms with van der Waals surface area (Å²) in [5.74, 6) is 0.968. The zero-order valence-electron chi connectivity index (χ0n) is 11.3. The molecule has 4 heteroatoms. The third kappa shape index (κ3) is 2.38. The van der Waals surface area contributed by atoms with Gasteiger partial charge in [0.1, 0.15) is 5.82 Å². The zero-order chi connectivity index (χ0) is 13.2. The van der Waals surface area contributed by atoms with Gasteiger partial charge >= 0.3 is 0 Å². The number of aryl methyl sites for hydroxylation is 1. The summed E-state index contributed by atoms with van der Waals surface area (Å²) >= 11 is 0. The molecule has 1 aliphatic carbocycles. The summed E-state index contributed by atoms with van der Waals surface area (Å²) in [6.07, 6.45) is 5.95. The molecular formula is C15H18N4. The van der Waals surface area contributed by atoms with Crippen molar-refractivity contribution < 1.29 is 0 Å². The minimum absolute atomic E-state index is 0.309. The van der Waals surface area contributed by atoms with Crippen molar-refractivity contribution in [3.63, 3.8) is 0 Å². The highest BCUT2D eigenvalue weighted by Crippen LogP contribution is 2.31. The normalized spacial score (nSPS) is 17.1. The van der Waals surface area contributed by atoms with Crippen LogP contribution in [0.2, 0.25) is 0 Å². The largest absolute Gasteiger partial charge is 0.375 e. The van der Waals surface area contributed by atoms with Gasteiger partial charge in [-0.15, -0.1) is 0 Å². The van der Waals surface area contributed by atoms with Crippen LogP contribution in [0, 0.1) is 0 Å². The highest BCUT2D eigenvalue weighted by atomic mass is 15.1. The number of anilines is 2. The highest BCUT2D eigenvalue weighted by molar-refractivity contribution is 5.50. The van der Waals surface area contributed by atoms with Crippen molar-refractivity contribution in [2.45, 2.75) is 18.9 Å². The van der Waals surface area contributed by atoms with Crippen LogP contribution in [0.4, 0.5) is 11.5 Å². The Bertz CT molecular complexity index is 563. The number of nitrogens with zero attached hydrogens (tertiary/aromatic N) is 3. The van der Waals surface area contributed by atoms with E-state index in [2.05, 4.69) is 27.4 Å². The molecule has 0 bridgehead atoms. The van der Waals surface area contributed by atoms with Crippen LogP contribution >= 0.6 is 0 Å². The van der Waals surface area contributed by atoms with E-state index in [9.17, 15) is 0 Å². The van der Waals surface area contributed by atoms with Crippen molar-refractivity contribution in [2.24, 2.45) is 0 Å². The van der Waals surface area contributed by atoms with Crippen LogP contribution in [0.3, 0.4) is 0 Å². The first-order valence-corrected chi connectivity index (χ1v) is 6.58. The summed E-state index contributed by atoms with van der Waals surface area (Å²) in [7, 11) is 3.99. The highest BCUT2D eigenvalue weighted by Gasteiger charge is 2.23. The maximum atomic E-state index is 4.49. The average molecular weight is 254 g/mol. The summed E-state index contributed by atoms with van der Waals surface area (Å²) in [5.41, 5.74) is 3.59. The first kappa shape index (κ1) is 12.0. The second-order valence-corrected chi connectivity index (χ2v) is 5.08. The molecular weight excluding hydrogens is 236 g/mol. The molecule has 2 aromatic heterocycles. The van der Waals surface area contributed by atoms with E-state index in [0.29, 0.717) is 6.04 Å². The van der Waals surface area contributed by atoms with Gasteiger partial charge in [0.15, 0.2) is 0 Å². The molecule has 3 rings (SSSR count). The topological polar surface area (TPSA) is 41.0 Å². The van der Waals surface area contributed by atoms with E-state index in [4.69, 9.17) is 0 Å². The van der Waals surface area contributed by atoms with Crippen LogP contribution in [0.15, 0.2) is 36.7 Å². The number of fused-ring (bicyclic) bond motifs is 1. The predicted molar refractivity (Wildman–Crippen MR) is 77.5 cm³/mol. The molecule has 0 fully saturated rings. The maximum Gasteiger partial charge on any atom is 0.128 e. The minimum Gasteiger partial charge on any atom is -0.375 e. The monoisotopic (exact) mass is 254 g/mol. The van der Waals surface area contributed by atoms with Gasteiger partial charge < -0.3 is 10.2 Å². The molecule has 0 saturated heterocycles. The van der Waals surface area contributed by atoms with Crippen LogP contribution in [-0.2, 0) is 6.42 Å². The van der Waals surface area contributed by atoms with Gasteiger partial charge in [0.25, 0.3) is 0 Å². The van der Waals surface area contributed by atoms with Gasteiger partial charge in [-0.2, -0.15) is 0 Å². The molecule has 1 atom stereocenters. The summed E-state index contributed by atoms with van der Waals surface area (Å²) in [6, 6.07) is 8.58. The smallest absolute Gasteiger partial charge is 0.128 e. The van der Waals surface area contributed by atoms with Crippen LogP contribution < -0.4 is 10.2 Å². The third-order valence-corrected chi connectivity index (χ3v) is 3.51. The van der Waals surface area contributed by atoms with Crippen LogP contribution in [-0.4, -0.2) is 24.1 Å². The van der Waals surface area contributed by atoms with Crippen molar-refractivity contribution in [1.29, 1.82) is 0 Å². The third-order valence-electron chi connectivity index (χ3n) is 3.51. The van der Waals surface area contributed by atoms with Crippen LogP contribution in [0.1, 0.15) is 23.7 Å². The maximum absolute atomic E-state index is 4.49. The quantitative estimate of drug-likeness (QED) is 0.914. The number of pyridine rings is 2. The zero-order valence-corrected chi connectivity index (χ0v) is 11.3. The molecule has 98 valence electrons. The van der Waals surface area contributed by atoms with Crippen molar-refractivity contribution in [1.82, 2.24) is 9.97 Å². The molecule has 0 aromatic carbocycles. The Kier molecular flexibility index (Phi) is 3.07. The second-order valence-electron chi connectivity index (χ2n) is 5.08. The van der Waals surface area contributed by atoms with Gasteiger partial charge in [0.05, 0.1) is 23.6 Å². The lowest BCUT2D eigenvalue weighted by atomic mass is 10.2. The lowest BCUT2D eigenvalue weighted by Crippen LogP contribution is -2.12. The van der Waals surface area contributed by atoms with Gasteiger partial charge in [-0.1, -0.05) is 6.07 Å². The van der Waals surface area contributed by atoms with Crippen LogP contribution in [0.25, 0.3) is 0 Å². The fourth-order valence-electron chi connectivity index (χ4n) is 2.49. The Morgan fingerprint density at radius 3 is 2.84 bits per heavy atom. The van der Waals surface area contributed by atoms with Crippen molar-refractivity contribution in [2.75, 3.05) is 24.3 Å². The van der Waals surface area contributed by atoms with Gasteiger partial charge in [-0.25, -0.2) is 4.98 Å². The Balaban J connectivity index is 1.76. The Morgan fingerprint density at radius 1 is 1.21 bits per heavy atom. The Labute approximate surface area is 113 Å². The van der Waals surface area contributed by atoms with E-state index in [1.54, 1.807) is 0 Å². The fraction of sp³-hybridized carbons (Fsp3) is 0.333. The lowest BCUT2D eigenvalue weighted by Gasteiger charge is -2.16. The van der Waals surface area contributed by atoms with E-state index in [1.807, 2.05) is 43.5 Å². The predicted octanol–water partition coefficient (Wildman–Crippen LogP) is 2.64. The second kappa shape index (κ2) is 4.88. The van der Waals surface area contributed by atoms with Crippen LogP contribution in [0.5, 0.6) is 0 Å². The molecule has 2 heterocycles. The Hall–Kier alpha value is -2.10. The molecule has 1 unspecified atom stereocenters. The number of hydrogen-bond donors (Lipinski definition) is 1. The standard InChI is InChI=1S/C15H18N4/c1-19(2)14-8-6-12(10-17-14)18-13-7-5-11-4-3-9-16-15(11)13/h3-4,6,8-10,13,18H,5,7H2,1-2H3.